The molecule has 3 heteroatoms. The van der Waals surface area contributed by atoms with E-state index in [0.717, 1.165) is 20.2 Å². The van der Waals surface area contributed by atoms with Gasteiger partial charge in [0.05, 0.1) is 4.47 Å². The SMILES string of the molecule is Cc1cc(N)c(Br)c(Br)c1. The molecule has 0 spiro atoms. The fourth-order valence-electron chi connectivity index (χ4n) is 0.751. The summed E-state index contributed by atoms with van der Waals surface area (Å²) < 4.78 is 1.93. The third kappa shape index (κ3) is 1.52. The van der Waals surface area contributed by atoms with Gasteiger partial charge in [0.15, 0.2) is 0 Å². The lowest BCUT2D eigenvalue weighted by Gasteiger charge is -2.01. The normalized spacial score (nSPS) is 9.90. The fraction of sp³-hybridized carbons (Fsp3) is 0.143. The molecule has 0 aliphatic carbocycles. The van der Waals surface area contributed by atoms with Crippen LogP contribution in [0.3, 0.4) is 0 Å². The van der Waals surface area contributed by atoms with Crippen LogP contribution in [0.5, 0.6) is 0 Å². The van der Waals surface area contributed by atoms with E-state index in [1.165, 1.54) is 0 Å². The van der Waals surface area contributed by atoms with Gasteiger partial charge in [0.2, 0.25) is 0 Å². The molecule has 10 heavy (non-hydrogen) atoms. The first kappa shape index (κ1) is 8.08. The van der Waals surface area contributed by atoms with Gasteiger partial charge in [0.25, 0.3) is 0 Å². The van der Waals surface area contributed by atoms with Crippen molar-refractivity contribution in [3.05, 3.63) is 26.6 Å². The number of hydrogen-bond donors (Lipinski definition) is 1. The predicted molar refractivity (Wildman–Crippen MR) is 51.0 cm³/mol. The number of nitrogen functional groups attached to an aromatic ring is 1. The molecule has 2 N–H and O–H groups in total. The quantitative estimate of drug-likeness (QED) is 0.716. The lowest BCUT2D eigenvalue weighted by atomic mass is 10.2. The van der Waals surface area contributed by atoms with Gasteiger partial charge in [-0.05, 0) is 56.5 Å². The van der Waals surface area contributed by atoms with Crippen LogP contribution in [0.25, 0.3) is 0 Å². The van der Waals surface area contributed by atoms with Gasteiger partial charge >= 0.3 is 0 Å². The Morgan fingerprint density at radius 1 is 1.30 bits per heavy atom. The highest BCUT2D eigenvalue weighted by Crippen LogP contribution is 2.29. The second-order valence-corrected chi connectivity index (χ2v) is 3.80. The van der Waals surface area contributed by atoms with Crippen LogP contribution in [0, 0.1) is 6.92 Å². The molecule has 0 aromatic heterocycles. The average molecular weight is 265 g/mol. The van der Waals surface area contributed by atoms with Crippen LogP contribution in [0.15, 0.2) is 21.1 Å². The van der Waals surface area contributed by atoms with E-state index in [1.807, 2.05) is 19.1 Å². The molecule has 0 atom stereocenters. The number of anilines is 1. The lowest BCUT2D eigenvalue weighted by molar-refractivity contribution is 1.43. The highest BCUT2D eigenvalue weighted by atomic mass is 79.9. The zero-order valence-corrected chi connectivity index (χ0v) is 8.66. The molecule has 1 rings (SSSR count). The van der Waals surface area contributed by atoms with Crippen LogP contribution in [0.4, 0.5) is 5.69 Å². The smallest absolute Gasteiger partial charge is 0.0547 e. The Balaban J connectivity index is 3.31. The molecule has 0 amide bonds. The van der Waals surface area contributed by atoms with E-state index in [9.17, 15) is 0 Å². The Labute approximate surface area is 76.9 Å². The van der Waals surface area contributed by atoms with E-state index in [1.54, 1.807) is 0 Å². The van der Waals surface area contributed by atoms with E-state index in [4.69, 9.17) is 5.73 Å². The summed E-state index contributed by atoms with van der Waals surface area (Å²) in [7, 11) is 0. The molecule has 1 aromatic rings. The number of halogens is 2. The zero-order chi connectivity index (χ0) is 7.72. The van der Waals surface area contributed by atoms with Crippen LogP contribution >= 0.6 is 31.9 Å². The highest BCUT2D eigenvalue weighted by Gasteiger charge is 2.00. The van der Waals surface area contributed by atoms with Crippen LogP contribution in [-0.2, 0) is 0 Å². The van der Waals surface area contributed by atoms with Crippen LogP contribution in [0.2, 0.25) is 0 Å². The molecular weight excluding hydrogens is 258 g/mol. The molecule has 0 aliphatic heterocycles. The molecule has 0 unspecified atom stereocenters. The van der Waals surface area contributed by atoms with Crippen molar-refractivity contribution in [2.45, 2.75) is 6.92 Å². The van der Waals surface area contributed by atoms with Crippen molar-refractivity contribution in [2.75, 3.05) is 5.73 Å². The van der Waals surface area contributed by atoms with Gasteiger partial charge in [-0.15, -0.1) is 0 Å². The van der Waals surface area contributed by atoms with Crippen molar-refractivity contribution in [1.82, 2.24) is 0 Å². The molecule has 1 aromatic carbocycles. The van der Waals surface area contributed by atoms with Crippen molar-refractivity contribution < 1.29 is 0 Å². The minimum absolute atomic E-state index is 0.770. The third-order valence-electron chi connectivity index (χ3n) is 1.20. The molecule has 0 aliphatic rings. The number of benzene rings is 1. The Bertz CT molecular complexity index is 235. The van der Waals surface area contributed by atoms with Crippen molar-refractivity contribution in [2.24, 2.45) is 0 Å². The van der Waals surface area contributed by atoms with Gasteiger partial charge in [0, 0.05) is 10.2 Å². The highest BCUT2D eigenvalue weighted by molar-refractivity contribution is 9.13. The first-order valence-corrected chi connectivity index (χ1v) is 4.41. The zero-order valence-electron chi connectivity index (χ0n) is 5.49. The van der Waals surface area contributed by atoms with Crippen molar-refractivity contribution in [3.63, 3.8) is 0 Å². The third-order valence-corrected chi connectivity index (χ3v) is 3.24. The van der Waals surface area contributed by atoms with Gasteiger partial charge in [-0.2, -0.15) is 0 Å². The Morgan fingerprint density at radius 3 is 2.40 bits per heavy atom. The fourth-order valence-corrected chi connectivity index (χ4v) is 1.57. The second kappa shape index (κ2) is 2.93. The molecule has 0 bridgehead atoms. The predicted octanol–water partition coefficient (Wildman–Crippen LogP) is 3.10. The maximum absolute atomic E-state index is 5.64. The van der Waals surface area contributed by atoms with Gasteiger partial charge in [0.1, 0.15) is 0 Å². The summed E-state index contributed by atoms with van der Waals surface area (Å²) in [6, 6.07) is 3.94. The summed E-state index contributed by atoms with van der Waals surface area (Å²) in [6.45, 7) is 2.01. The Kier molecular flexibility index (Phi) is 2.36. The Hall–Kier alpha value is -0.0200. The van der Waals surface area contributed by atoms with Gasteiger partial charge < -0.3 is 5.73 Å². The van der Waals surface area contributed by atoms with Crippen LogP contribution in [0.1, 0.15) is 5.56 Å². The maximum Gasteiger partial charge on any atom is 0.0547 e. The topological polar surface area (TPSA) is 26.0 Å². The average Bonchev–Trinajstić information content (AvgIpc) is 1.82. The summed E-state index contributed by atoms with van der Waals surface area (Å²) >= 11 is 6.71. The number of nitrogens with two attached hydrogens (primary N) is 1. The molecule has 0 radical (unpaired) electrons. The summed E-state index contributed by atoms with van der Waals surface area (Å²) in [5, 5.41) is 0. The number of hydrogen-bond acceptors (Lipinski definition) is 1. The molecule has 0 heterocycles. The van der Waals surface area contributed by atoms with E-state index in [2.05, 4.69) is 31.9 Å². The van der Waals surface area contributed by atoms with Crippen molar-refractivity contribution in [1.29, 1.82) is 0 Å². The number of aryl methyl sites for hydroxylation is 1. The van der Waals surface area contributed by atoms with E-state index in [-0.39, 0.29) is 0 Å². The van der Waals surface area contributed by atoms with E-state index < -0.39 is 0 Å². The Morgan fingerprint density at radius 2 is 1.90 bits per heavy atom. The van der Waals surface area contributed by atoms with Crippen LogP contribution < -0.4 is 5.73 Å². The van der Waals surface area contributed by atoms with Crippen molar-refractivity contribution in [3.8, 4) is 0 Å². The standard InChI is InChI=1S/C7H7Br2N/c1-4-2-5(8)7(9)6(10)3-4/h2-3H,10H2,1H3. The second-order valence-electron chi connectivity index (χ2n) is 2.15. The van der Waals surface area contributed by atoms with E-state index in [0.29, 0.717) is 0 Å². The van der Waals surface area contributed by atoms with Gasteiger partial charge in [-0.25, -0.2) is 0 Å². The molecule has 0 saturated heterocycles. The molecule has 0 fully saturated rings. The summed E-state index contributed by atoms with van der Waals surface area (Å²) in [4.78, 5) is 0. The van der Waals surface area contributed by atoms with Gasteiger partial charge in [-0.3, -0.25) is 0 Å². The first-order valence-electron chi connectivity index (χ1n) is 2.82. The minimum atomic E-state index is 0.770. The van der Waals surface area contributed by atoms with E-state index >= 15 is 0 Å². The summed E-state index contributed by atoms with van der Waals surface area (Å²) in [5.41, 5.74) is 7.57. The maximum atomic E-state index is 5.64. The number of rotatable bonds is 0. The molecule has 54 valence electrons. The molecule has 1 nitrogen and oxygen atoms in total. The minimum Gasteiger partial charge on any atom is -0.398 e. The lowest BCUT2D eigenvalue weighted by Crippen LogP contribution is -1.87. The van der Waals surface area contributed by atoms with Crippen LogP contribution in [-0.4, -0.2) is 0 Å². The van der Waals surface area contributed by atoms with Crippen molar-refractivity contribution >= 4 is 37.5 Å². The van der Waals surface area contributed by atoms with Gasteiger partial charge in [-0.1, -0.05) is 0 Å². The summed E-state index contributed by atoms with van der Waals surface area (Å²) in [6.07, 6.45) is 0. The first-order chi connectivity index (χ1) is 4.61. The summed E-state index contributed by atoms with van der Waals surface area (Å²) in [5.74, 6) is 0. The largest absolute Gasteiger partial charge is 0.398 e. The monoisotopic (exact) mass is 263 g/mol. The molecular formula is C7H7Br2N. The molecule has 0 saturated carbocycles.